The van der Waals surface area contributed by atoms with Crippen LogP contribution in [0.15, 0.2) is 0 Å². The third kappa shape index (κ3) is 3.50. The topological polar surface area (TPSA) is 29.9 Å². The Kier molecular flexibility index (Phi) is 3.79. The number of hydrogen-bond donors (Lipinski definition) is 1. The second-order valence-corrected chi connectivity index (χ2v) is 5.50. The Morgan fingerprint density at radius 3 is 2.40 bits per heavy atom. The summed E-state index contributed by atoms with van der Waals surface area (Å²) in [7, 11) is 1.86. The predicted molar refractivity (Wildman–Crippen MR) is 64.1 cm³/mol. The standard InChI is InChI=1S/C11H20ClN3/c1-8-9(10(12)15(5)14-8)6-13-7-11(2,3)4/h13H,6-7H2,1-5H3. The lowest BCUT2D eigenvalue weighted by atomic mass is 9.97. The van der Waals surface area contributed by atoms with Gasteiger partial charge in [-0.15, -0.1) is 0 Å². The van der Waals surface area contributed by atoms with E-state index in [4.69, 9.17) is 11.6 Å². The van der Waals surface area contributed by atoms with Crippen LogP contribution in [0.2, 0.25) is 5.15 Å². The van der Waals surface area contributed by atoms with Gasteiger partial charge in [-0.05, 0) is 12.3 Å². The molecule has 0 amide bonds. The van der Waals surface area contributed by atoms with Crippen LogP contribution >= 0.6 is 11.6 Å². The smallest absolute Gasteiger partial charge is 0.131 e. The summed E-state index contributed by atoms with van der Waals surface area (Å²) in [5, 5.41) is 8.40. The largest absolute Gasteiger partial charge is 0.312 e. The first-order valence-electron chi connectivity index (χ1n) is 5.20. The molecular formula is C11H20ClN3. The van der Waals surface area contributed by atoms with E-state index < -0.39 is 0 Å². The van der Waals surface area contributed by atoms with Crippen molar-refractivity contribution in [1.29, 1.82) is 0 Å². The minimum Gasteiger partial charge on any atom is -0.312 e. The predicted octanol–water partition coefficient (Wildman–Crippen LogP) is 2.52. The minimum absolute atomic E-state index is 0.294. The van der Waals surface area contributed by atoms with Crippen LogP contribution in [0.1, 0.15) is 32.0 Å². The Morgan fingerprint density at radius 2 is 2.00 bits per heavy atom. The van der Waals surface area contributed by atoms with Gasteiger partial charge in [-0.1, -0.05) is 32.4 Å². The molecule has 0 fully saturated rings. The van der Waals surface area contributed by atoms with Crippen molar-refractivity contribution in [2.24, 2.45) is 12.5 Å². The van der Waals surface area contributed by atoms with Gasteiger partial charge in [-0.25, -0.2) is 0 Å². The molecule has 0 atom stereocenters. The van der Waals surface area contributed by atoms with E-state index >= 15 is 0 Å². The first-order chi connectivity index (χ1) is 6.81. The summed E-state index contributed by atoms with van der Waals surface area (Å²) in [6.45, 7) is 10.4. The van der Waals surface area contributed by atoms with Gasteiger partial charge < -0.3 is 5.32 Å². The van der Waals surface area contributed by atoms with Crippen LogP contribution in [0.4, 0.5) is 0 Å². The molecule has 0 aliphatic carbocycles. The maximum atomic E-state index is 6.12. The zero-order valence-corrected chi connectivity index (χ0v) is 10.9. The maximum Gasteiger partial charge on any atom is 0.131 e. The van der Waals surface area contributed by atoms with Gasteiger partial charge in [0.1, 0.15) is 5.15 Å². The molecule has 86 valence electrons. The molecule has 0 saturated heterocycles. The van der Waals surface area contributed by atoms with E-state index in [0.29, 0.717) is 5.41 Å². The van der Waals surface area contributed by atoms with Crippen LogP contribution < -0.4 is 5.32 Å². The van der Waals surface area contributed by atoms with Crippen LogP contribution in [0, 0.1) is 12.3 Å². The van der Waals surface area contributed by atoms with E-state index in [1.54, 1.807) is 4.68 Å². The fraction of sp³-hybridized carbons (Fsp3) is 0.727. The molecule has 0 bridgehead atoms. The van der Waals surface area contributed by atoms with Gasteiger partial charge in [0, 0.05) is 25.7 Å². The zero-order chi connectivity index (χ0) is 11.6. The fourth-order valence-corrected chi connectivity index (χ4v) is 1.68. The van der Waals surface area contributed by atoms with Gasteiger partial charge in [-0.3, -0.25) is 4.68 Å². The van der Waals surface area contributed by atoms with E-state index in [-0.39, 0.29) is 0 Å². The number of hydrogen-bond acceptors (Lipinski definition) is 2. The summed E-state index contributed by atoms with van der Waals surface area (Å²) in [4.78, 5) is 0. The van der Waals surface area contributed by atoms with Crippen molar-refractivity contribution < 1.29 is 0 Å². The van der Waals surface area contributed by atoms with Gasteiger partial charge >= 0.3 is 0 Å². The Labute approximate surface area is 96.8 Å². The fourth-order valence-electron chi connectivity index (χ4n) is 1.44. The number of nitrogens with zero attached hydrogens (tertiary/aromatic N) is 2. The third-order valence-corrected chi connectivity index (χ3v) is 2.70. The van der Waals surface area contributed by atoms with Crippen molar-refractivity contribution in [3.63, 3.8) is 0 Å². The summed E-state index contributed by atoms with van der Waals surface area (Å²) < 4.78 is 1.71. The molecule has 3 nitrogen and oxygen atoms in total. The maximum absolute atomic E-state index is 6.12. The summed E-state index contributed by atoms with van der Waals surface area (Å²) in [5.74, 6) is 0. The first-order valence-corrected chi connectivity index (χ1v) is 5.58. The molecule has 0 aliphatic heterocycles. The highest BCUT2D eigenvalue weighted by atomic mass is 35.5. The molecule has 15 heavy (non-hydrogen) atoms. The van der Waals surface area contributed by atoms with Gasteiger partial charge in [0.05, 0.1) is 5.69 Å². The van der Waals surface area contributed by atoms with Crippen LogP contribution in [0.5, 0.6) is 0 Å². The van der Waals surface area contributed by atoms with E-state index in [1.165, 1.54) is 0 Å². The zero-order valence-electron chi connectivity index (χ0n) is 10.2. The van der Waals surface area contributed by atoms with Gasteiger partial charge in [-0.2, -0.15) is 5.10 Å². The first kappa shape index (κ1) is 12.5. The van der Waals surface area contributed by atoms with Crippen LogP contribution in [-0.2, 0) is 13.6 Å². The normalized spacial score (nSPS) is 12.1. The number of rotatable bonds is 3. The third-order valence-electron chi connectivity index (χ3n) is 2.23. The molecule has 1 aromatic rings. The molecule has 0 radical (unpaired) electrons. The van der Waals surface area contributed by atoms with Gasteiger partial charge in [0.2, 0.25) is 0 Å². The second-order valence-electron chi connectivity index (χ2n) is 5.14. The van der Waals surface area contributed by atoms with Crippen molar-refractivity contribution in [2.45, 2.75) is 34.2 Å². The van der Waals surface area contributed by atoms with Crippen molar-refractivity contribution in [3.8, 4) is 0 Å². The molecule has 0 saturated carbocycles. The average molecular weight is 230 g/mol. The van der Waals surface area contributed by atoms with E-state index in [1.807, 2.05) is 14.0 Å². The molecule has 1 rings (SSSR count). The number of aromatic nitrogens is 2. The van der Waals surface area contributed by atoms with Crippen molar-refractivity contribution in [2.75, 3.05) is 6.54 Å². The highest BCUT2D eigenvalue weighted by Crippen LogP contribution is 2.18. The Balaban J connectivity index is 2.58. The van der Waals surface area contributed by atoms with E-state index in [2.05, 4.69) is 31.2 Å². The monoisotopic (exact) mass is 229 g/mol. The van der Waals surface area contributed by atoms with Gasteiger partial charge in [0.25, 0.3) is 0 Å². The molecule has 4 heteroatoms. The molecule has 0 spiro atoms. The Hall–Kier alpha value is -0.540. The molecule has 0 unspecified atom stereocenters. The minimum atomic E-state index is 0.294. The van der Waals surface area contributed by atoms with Crippen LogP contribution in [0.3, 0.4) is 0 Å². The average Bonchev–Trinajstić information content (AvgIpc) is 2.29. The molecule has 0 aliphatic rings. The number of aryl methyl sites for hydroxylation is 2. The Morgan fingerprint density at radius 1 is 1.40 bits per heavy atom. The molecule has 0 aromatic carbocycles. The van der Waals surface area contributed by atoms with Crippen molar-refractivity contribution >= 4 is 11.6 Å². The molecule has 1 N–H and O–H groups in total. The molecular weight excluding hydrogens is 210 g/mol. The lowest BCUT2D eigenvalue weighted by Crippen LogP contribution is -2.26. The van der Waals surface area contributed by atoms with Crippen molar-refractivity contribution in [3.05, 3.63) is 16.4 Å². The van der Waals surface area contributed by atoms with E-state index in [0.717, 1.165) is 29.5 Å². The quantitative estimate of drug-likeness (QED) is 0.863. The highest BCUT2D eigenvalue weighted by molar-refractivity contribution is 6.30. The lowest BCUT2D eigenvalue weighted by molar-refractivity contribution is 0.379. The lowest BCUT2D eigenvalue weighted by Gasteiger charge is -2.18. The SMILES string of the molecule is Cc1nn(C)c(Cl)c1CNCC(C)(C)C. The highest BCUT2D eigenvalue weighted by Gasteiger charge is 2.13. The molecule has 1 aromatic heterocycles. The summed E-state index contributed by atoms with van der Waals surface area (Å²) in [6, 6.07) is 0. The summed E-state index contributed by atoms with van der Waals surface area (Å²) in [6.07, 6.45) is 0. The molecule has 1 heterocycles. The second kappa shape index (κ2) is 4.54. The summed E-state index contributed by atoms with van der Waals surface area (Å²) >= 11 is 6.12. The van der Waals surface area contributed by atoms with Gasteiger partial charge in [0.15, 0.2) is 0 Å². The van der Waals surface area contributed by atoms with E-state index in [9.17, 15) is 0 Å². The van der Waals surface area contributed by atoms with Crippen LogP contribution in [-0.4, -0.2) is 16.3 Å². The number of halogens is 1. The number of nitrogens with one attached hydrogen (secondary N) is 1. The Bertz CT molecular complexity index is 336. The van der Waals surface area contributed by atoms with Crippen LogP contribution in [0.25, 0.3) is 0 Å². The van der Waals surface area contributed by atoms with Crippen molar-refractivity contribution in [1.82, 2.24) is 15.1 Å². The summed E-state index contributed by atoms with van der Waals surface area (Å²) in [5.41, 5.74) is 2.40.